The predicted octanol–water partition coefficient (Wildman–Crippen LogP) is 2.65. The van der Waals surface area contributed by atoms with E-state index in [4.69, 9.17) is 5.26 Å². The van der Waals surface area contributed by atoms with Crippen molar-refractivity contribution in [2.75, 3.05) is 0 Å². The SMILES string of the molecule is O=C1CCCC1OC(=O)C(SOO)(C(F)(F)F)C(F)(F)F. The van der Waals surface area contributed by atoms with Crippen molar-refractivity contribution in [2.45, 2.75) is 42.5 Å². The van der Waals surface area contributed by atoms with Crippen molar-refractivity contribution in [1.29, 1.82) is 0 Å². The standard InChI is InChI=1S/C9H8F6O5S/c10-8(11,12)7(21-20-18,9(13,14)15)6(17)19-5-3-1-2-4(5)16/h5,18H,1-3H2. The highest BCUT2D eigenvalue weighted by Gasteiger charge is 2.79. The molecule has 1 aliphatic carbocycles. The van der Waals surface area contributed by atoms with E-state index in [9.17, 15) is 35.9 Å². The summed E-state index contributed by atoms with van der Waals surface area (Å²) in [6.07, 6.45) is -14.1. The molecule has 1 saturated carbocycles. The van der Waals surface area contributed by atoms with Gasteiger partial charge in [0.1, 0.15) is 0 Å². The maximum atomic E-state index is 12.8. The van der Waals surface area contributed by atoms with Crippen molar-refractivity contribution in [3.63, 3.8) is 0 Å². The molecule has 0 heterocycles. The molecule has 0 spiro atoms. The molecule has 0 aromatic heterocycles. The van der Waals surface area contributed by atoms with Crippen LogP contribution in [0, 0.1) is 0 Å². The van der Waals surface area contributed by atoms with Gasteiger partial charge in [-0.25, -0.2) is 10.1 Å². The normalized spacial score (nSPS) is 20.7. The summed E-state index contributed by atoms with van der Waals surface area (Å²) in [6.45, 7) is 0. The molecule has 0 saturated heterocycles. The second kappa shape index (κ2) is 6.01. The van der Waals surface area contributed by atoms with E-state index in [-0.39, 0.29) is 19.3 Å². The molecule has 12 heteroatoms. The summed E-state index contributed by atoms with van der Waals surface area (Å²) in [4.78, 5) is 22.6. The van der Waals surface area contributed by atoms with Gasteiger partial charge in [-0.1, -0.05) is 0 Å². The molecular formula is C9H8F6O5S. The molecule has 1 aliphatic rings. The molecule has 122 valence electrons. The minimum atomic E-state index is -6.17. The summed E-state index contributed by atoms with van der Waals surface area (Å²) in [6, 6.07) is 0. The molecule has 1 atom stereocenters. The van der Waals surface area contributed by atoms with Crippen molar-refractivity contribution in [3.05, 3.63) is 0 Å². The molecule has 5 nitrogen and oxygen atoms in total. The Balaban J connectivity index is 3.16. The molecule has 1 fully saturated rings. The Morgan fingerprint density at radius 1 is 1.19 bits per heavy atom. The van der Waals surface area contributed by atoms with E-state index >= 15 is 0 Å². The van der Waals surface area contributed by atoms with Crippen LogP contribution in [0.25, 0.3) is 0 Å². The fourth-order valence-electron chi connectivity index (χ4n) is 1.70. The summed E-state index contributed by atoms with van der Waals surface area (Å²) in [5, 5.41) is 7.98. The van der Waals surface area contributed by atoms with E-state index in [1.807, 2.05) is 0 Å². The average Bonchev–Trinajstić information content (AvgIpc) is 2.68. The number of alkyl halides is 6. The minimum absolute atomic E-state index is 0.105. The number of carbonyl (C=O) groups is 2. The topological polar surface area (TPSA) is 72.8 Å². The van der Waals surface area contributed by atoms with Crippen LogP contribution in [0.5, 0.6) is 0 Å². The molecule has 0 aromatic rings. The average molecular weight is 342 g/mol. The van der Waals surface area contributed by atoms with Gasteiger partial charge in [0, 0.05) is 6.42 Å². The monoisotopic (exact) mass is 342 g/mol. The van der Waals surface area contributed by atoms with Gasteiger partial charge >= 0.3 is 23.1 Å². The van der Waals surface area contributed by atoms with Gasteiger partial charge in [-0.2, -0.15) is 30.7 Å². The van der Waals surface area contributed by atoms with E-state index in [0.29, 0.717) is 0 Å². The lowest BCUT2D eigenvalue weighted by molar-refractivity contribution is -0.270. The highest BCUT2D eigenvalue weighted by Crippen LogP contribution is 2.53. The van der Waals surface area contributed by atoms with Gasteiger partial charge in [0.15, 0.2) is 11.9 Å². The van der Waals surface area contributed by atoms with Crippen molar-refractivity contribution in [2.24, 2.45) is 0 Å². The molecule has 0 aromatic carbocycles. The number of esters is 1. The van der Waals surface area contributed by atoms with Crippen LogP contribution >= 0.6 is 12.0 Å². The zero-order chi connectivity index (χ0) is 16.5. The Hall–Kier alpha value is -1.01. The van der Waals surface area contributed by atoms with Crippen LogP contribution < -0.4 is 0 Å². The molecule has 1 unspecified atom stereocenters. The lowest BCUT2D eigenvalue weighted by atomic mass is 10.1. The van der Waals surface area contributed by atoms with Gasteiger partial charge in [-0.3, -0.25) is 4.79 Å². The highest BCUT2D eigenvalue weighted by atomic mass is 32.2. The largest absolute Gasteiger partial charge is 0.453 e. The molecule has 1 N–H and O–H groups in total. The second-order valence-corrected chi connectivity index (χ2v) is 5.02. The second-order valence-electron chi connectivity index (χ2n) is 4.09. The molecule has 0 amide bonds. The molecular weight excluding hydrogens is 334 g/mol. The van der Waals surface area contributed by atoms with Gasteiger partial charge < -0.3 is 4.74 Å². The summed E-state index contributed by atoms with van der Waals surface area (Å²) in [7, 11) is 0. The van der Waals surface area contributed by atoms with E-state index in [1.165, 1.54) is 0 Å². The van der Waals surface area contributed by atoms with E-state index in [0.717, 1.165) is 0 Å². The third-order valence-corrected chi connectivity index (χ3v) is 3.70. The Labute approximate surface area is 117 Å². The van der Waals surface area contributed by atoms with Crippen LogP contribution in [-0.4, -0.2) is 40.2 Å². The van der Waals surface area contributed by atoms with Crippen molar-refractivity contribution in [3.8, 4) is 0 Å². The van der Waals surface area contributed by atoms with E-state index in [2.05, 4.69) is 9.07 Å². The Kier molecular flexibility index (Phi) is 5.16. The Bertz CT molecular complexity index is 406. The van der Waals surface area contributed by atoms with Gasteiger partial charge in [-0.05, 0) is 12.8 Å². The summed E-state index contributed by atoms with van der Waals surface area (Å²) in [5.41, 5.74) is 0. The van der Waals surface area contributed by atoms with E-state index in [1.54, 1.807) is 0 Å². The van der Waals surface area contributed by atoms with Gasteiger partial charge in [-0.15, -0.1) is 0 Å². The first-order valence-electron chi connectivity index (χ1n) is 5.34. The predicted molar refractivity (Wildman–Crippen MR) is 54.9 cm³/mol. The fraction of sp³-hybridized carbons (Fsp3) is 0.778. The van der Waals surface area contributed by atoms with Crippen LogP contribution in [0.1, 0.15) is 19.3 Å². The Morgan fingerprint density at radius 2 is 1.71 bits per heavy atom. The quantitative estimate of drug-likeness (QED) is 0.278. The number of ether oxygens (including phenoxy) is 1. The maximum absolute atomic E-state index is 12.8. The zero-order valence-corrected chi connectivity index (χ0v) is 10.8. The first-order chi connectivity index (χ1) is 9.47. The summed E-state index contributed by atoms with van der Waals surface area (Å²) >= 11 is -1.55. The molecule has 21 heavy (non-hydrogen) atoms. The smallest absolute Gasteiger partial charge is 0.425 e. The van der Waals surface area contributed by atoms with E-state index < -0.39 is 47.0 Å². The highest BCUT2D eigenvalue weighted by molar-refractivity contribution is 7.96. The molecule has 0 radical (unpaired) electrons. The lowest BCUT2D eigenvalue weighted by Crippen LogP contribution is -2.61. The van der Waals surface area contributed by atoms with Crippen molar-refractivity contribution in [1.82, 2.24) is 0 Å². The van der Waals surface area contributed by atoms with Crippen LogP contribution in [0.4, 0.5) is 26.3 Å². The maximum Gasteiger partial charge on any atom is 0.425 e. The summed E-state index contributed by atoms with van der Waals surface area (Å²) < 4.78 is 78.3. The van der Waals surface area contributed by atoms with Crippen molar-refractivity contribution < 1.29 is 50.3 Å². The van der Waals surface area contributed by atoms with Crippen LogP contribution in [0.15, 0.2) is 0 Å². The van der Waals surface area contributed by atoms with Crippen LogP contribution in [0.2, 0.25) is 0 Å². The number of Topliss-reactive ketones (excluding diaryl/α,β-unsaturated/α-hetero) is 1. The molecule has 0 aliphatic heterocycles. The van der Waals surface area contributed by atoms with Crippen LogP contribution in [-0.2, 0) is 18.7 Å². The first kappa shape index (κ1) is 18.0. The molecule has 0 bridgehead atoms. The first-order valence-corrected chi connectivity index (χ1v) is 6.08. The number of hydrogen-bond acceptors (Lipinski definition) is 6. The number of hydrogen-bond donors (Lipinski definition) is 1. The third-order valence-electron chi connectivity index (χ3n) is 2.75. The number of rotatable bonds is 4. The minimum Gasteiger partial charge on any atom is -0.453 e. The number of carbonyl (C=O) groups excluding carboxylic acids is 2. The van der Waals surface area contributed by atoms with Crippen molar-refractivity contribution >= 4 is 23.8 Å². The number of halogens is 6. The Morgan fingerprint density at radius 3 is 2.05 bits per heavy atom. The number of ketones is 1. The van der Waals surface area contributed by atoms with Crippen LogP contribution in [0.3, 0.4) is 0 Å². The summed E-state index contributed by atoms with van der Waals surface area (Å²) in [5.74, 6) is -3.53. The van der Waals surface area contributed by atoms with Gasteiger partial charge in [0.2, 0.25) is 0 Å². The zero-order valence-electron chi connectivity index (χ0n) is 9.95. The fourth-order valence-corrected chi connectivity index (χ4v) is 2.11. The lowest BCUT2D eigenvalue weighted by Gasteiger charge is -2.32. The molecule has 1 rings (SSSR count). The third kappa shape index (κ3) is 3.26. The van der Waals surface area contributed by atoms with Gasteiger partial charge in [0.05, 0.1) is 12.0 Å². The van der Waals surface area contributed by atoms with Gasteiger partial charge in [0.25, 0.3) is 0 Å².